The van der Waals surface area contributed by atoms with E-state index >= 15 is 0 Å². The van der Waals surface area contributed by atoms with Crippen molar-refractivity contribution >= 4 is 54.0 Å². The summed E-state index contributed by atoms with van der Waals surface area (Å²) < 4.78 is 14.6. The van der Waals surface area contributed by atoms with E-state index in [1.807, 2.05) is 47.2 Å². The first kappa shape index (κ1) is 30.0. The average molecular weight is 686 g/mol. The smallest absolute Gasteiger partial charge is 0.162 e. The number of pyridine rings is 1. The fourth-order valence-electron chi connectivity index (χ4n) is 4.81. The monoisotopic (exact) mass is 685 g/mol. The zero-order valence-electron chi connectivity index (χ0n) is 22.5. The molecule has 1 fully saturated rings. The van der Waals surface area contributed by atoms with Crippen LogP contribution in [0.1, 0.15) is 30.5 Å². The van der Waals surface area contributed by atoms with Gasteiger partial charge in [0.25, 0.3) is 0 Å². The van der Waals surface area contributed by atoms with Crippen LogP contribution in [0.4, 0.5) is 0 Å². The molecule has 1 aromatic carbocycles. The summed E-state index contributed by atoms with van der Waals surface area (Å²) in [5.74, 6) is 0.994. The molecule has 1 saturated heterocycles. The number of thioether (sulfide) groups is 1. The highest BCUT2D eigenvalue weighted by Crippen LogP contribution is 2.43. The minimum absolute atomic E-state index is 0.286. The number of aromatic nitrogens is 3. The maximum absolute atomic E-state index is 12.8. The average Bonchev–Trinajstić information content (AvgIpc) is 3.23. The lowest BCUT2D eigenvalue weighted by Crippen LogP contribution is -2.36. The van der Waals surface area contributed by atoms with Crippen molar-refractivity contribution in [2.75, 3.05) is 26.1 Å². The van der Waals surface area contributed by atoms with Crippen LogP contribution in [0.2, 0.25) is 30.7 Å². The molecular weight excluding hydrogens is 649 g/mol. The largest absolute Gasteiger partial charge is 0.381 e. The van der Waals surface area contributed by atoms with Gasteiger partial charge in [0.15, 0.2) is 5.82 Å². The third kappa shape index (κ3) is 7.21. The van der Waals surface area contributed by atoms with Gasteiger partial charge in [0.2, 0.25) is 0 Å². The first-order chi connectivity index (χ1) is 18.1. The molecule has 1 atom stereocenters. The molecule has 0 bridgehead atoms. The van der Waals surface area contributed by atoms with E-state index in [4.69, 9.17) is 26.1 Å². The highest BCUT2D eigenvalue weighted by atomic mass is 127. The molecule has 0 amide bonds. The summed E-state index contributed by atoms with van der Waals surface area (Å²) in [6, 6.07) is 12.8. The van der Waals surface area contributed by atoms with Crippen molar-refractivity contribution in [1.29, 1.82) is 0 Å². The molecule has 10 heteroatoms. The van der Waals surface area contributed by atoms with Gasteiger partial charge in [-0.1, -0.05) is 43.4 Å². The summed E-state index contributed by atoms with van der Waals surface area (Å²) in [5, 5.41) is 13.4. The standard InChI is InChI=1S/C28H37ClIN3O3SSi/c1-37-24-9-8-21(17-22(24)29)28(34,18-20-10-13-35-14-11-20)25-26(30)32-27(23-7-5-6-12-31-23)33(25)19-36-15-16-38(2,3)4/h5-9,12,17,20,34H,10-11,13-16,18-19H2,1-4H3. The summed E-state index contributed by atoms with van der Waals surface area (Å²) >= 11 is 10.5. The summed E-state index contributed by atoms with van der Waals surface area (Å²) in [4.78, 5) is 10.5. The maximum atomic E-state index is 12.8. The van der Waals surface area contributed by atoms with Crippen LogP contribution in [0, 0.1) is 9.62 Å². The highest BCUT2D eigenvalue weighted by molar-refractivity contribution is 14.1. The molecule has 0 aliphatic carbocycles. The Morgan fingerprint density at radius 3 is 2.63 bits per heavy atom. The quantitative estimate of drug-likeness (QED) is 0.0990. The van der Waals surface area contributed by atoms with Crippen molar-refractivity contribution in [2.45, 2.75) is 62.2 Å². The molecule has 1 aliphatic rings. The van der Waals surface area contributed by atoms with E-state index in [9.17, 15) is 5.11 Å². The number of benzene rings is 1. The Labute approximate surface area is 250 Å². The van der Waals surface area contributed by atoms with Gasteiger partial charge in [0, 0.05) is 39.0 Å². The Morgan fingerprint density at radius 2 is 2.00 bits per heavy atom. The molecular formula is C28H37ClIN3O3SSi. The molecule has 6 nitrogen and oxygen atoms in total. The molecule has 0 spiro atoms. The predicted molar refractivity (Wildman–Crippen MR) is 167 cm³/mol. The molecule has 1 N–H and O–H groups in total. The molecule has 2 aromatic heterocycles. The number of imidazole rings is 1. The second-order valence-corrected chi connectivity index (χ2v) is 18.9. The lowest BCUT2D eigenvalue weighted by atomic mass is 9.79. The Hall–Kier alpha value is -0.953. The third-order valence-electron chi connectivity index (χ3n) is 6.98. The van der Waals surface area contributed by atoms with E-state index < -0.39 is 13.7 Å². The van der Waals surface area contributed by atoms with Crippen LogP contribution in [-0.2, 0) is 21.8 Å². The Morgan fingerprint density at radius 1 is 1.24 bits per heavy atom. The van der Waals surface area contributed by atoms with Gasteiger partial charge in [-0.2, -0.15) is 0 Å². The van der Waals surface area contributed by atoms with E-state index in [-0.39, 0.29) is 6.73 Å². The third-order valence-corrected chi connectivity index (χ3v) is 10.7. The number of hydrogen-bond acceptors (Lipinski definition) is 6. The van der Waals surface area contributed by atoms with Crippen LogP contribution in [0.15, 0.2) is 47.5 Å². The van der Waals surface area contributed by atoms with Gasteiger partial charge < -0.3 is 14.6 Å². The molecule has 0 radical (unpaired) electrons. The number of rotatable bonds is 11. The number of aliphatic hydroxyl groups is 1. The normalized spacial score (nSPS) is 16.5. The van der Waals surface area contributed by atoms with E-state index in [0.717, 1.165) is 44.4 Å². The molecule has 4 rings (SSSR count). The van der Waals surface area contributed by atoms with Gasteiger partial charge >= 0.3 is 0 Å². The molecule has 3 aromatic rings. The summed E-state index contributed by atoms with van der Waals surface area (Å²) in [6.45, 7) is 9.40. The topological polar surface area (TPSA) is 69.4 Å². The van der Waals surface area contributed by atoms with Crippen LogP contribution in [0.25, 0.3) is 11.5 Å². The van der Waals surface area contributed by atoms with Gasteiger partial charge in [-0.3, -0.25) is 9.55 Å². The molecule has 3 heterocycles. The fraction of sp³-hybridized carbons (Fsp3) is 0.500. The van der Waals surface area contributed by atoms with E-state index in [2.05, 4.69) is 47.2 Å². The van der Waals surface area contributed by atoms with Crippen molar-refractivity contribution < 1.29 is 14.6 Å². The van der Waals surface area contributed by atoms with E-state index in [1.54, 1.807) is 18.0 Å². The molecule has 0 saturated carbocycles. The number of hydrogen-bond donors (Lipinski definition) is 1. The van der Waals surface area contributed by atoms with Crippen LogP contribution >= 0.6 is 46.0 Å². The number of nitrogens with zero attached hydrogens (tertiary/aromatic N) is 3. The van der Waals surface area contributed by atoms with Gasteiger partial charge in [-0.25, -0.2) is 4.98 Å². The van der Waals surface area contributed by atoms with Crippen LogP contribution in [-0.4, -0.2) is 53.8 Å². The van der Waals surface area contributed by atoms with Gasteiger partial charge in [0.1, 0.15) is 21.7 Å². The summed E-state index contributed by atoms with van der Waals surface area (Å²) in [5.41, 5.74) is 0.919. The van der Waals surface area contributed by atoms with Crippen LogP contribution < -0.4 is 0 Å². The van der Waals surface area contributed by atoms with Gasteiger partial charge in [-0.15, -0.1) is 11.8 Å². The van der Waals surface area contributed by atoms with Crippen molar-refractivity contribution in [3.05, 3.63) is 62.6 Å². The SMILES string of the molecule is CSc1ccc(C(O)(CC2CCOCC2)c2c(I)nc(-c3ccccn3)n2COCC[Si](C)(C)C)cc1Cl. The van der Waals surface area contributed by atoms with Crippen molar-refractivity contribution in [2.24, 2.45) is 5.92 Å². The Kier molecular flexibility index (Phi) is 10.4. The second kappa shape index (κ2) is 13.1. The molecule has 206 valence electrons. The van der Waals surface area contributed by atoms with Crippen LogP contribution in [0.5, 0.6) is 0 Å². The summed E-state index contributed by atoms with van der Waals surface area (Å²) in [6.07, 6.45) is 6.13. The second-order valence-electron chi connectivity index (χ2n) is 11.0. The van der Waals surface area contributed by atoms with E-state index in [1.165, 1.54) is 0 Å². The van der Waals surface area contributed by atoms with Gasteiger partial charge in [-0.05, 0) is 89.9 Å². The minimum atomic E-state index is -1.32. The van der Waals surface area contributed by atoms with E-state index in [0.29, 0.717) is 43.0 Å². The van der Waals surface area contributed by atoms with Gasteiger partial charge in [0.05, 0.1) is 10.7 Å². The Balaban J connectivity index is 1.83. The fourth-order valence-corrected chi connectivity index (χ4v) is 7.40. The van der Waals surface area contributed by atoms with Crippen molar-refractivity contribution in [1.82, 2.24) is 14.5 Å². The molecule has 1 aliphatic heterocycles. The van der Waals surface area contributed by atoms with Crippen LogP contribution in [0.3, 0.4) is 0 Å². The highest BCUT2D eigenvalue weighted by Gasteiger charge is 2.41. The summed E-state index contributed by atoms with van der Waals surface area (Å²) in [7, 11) is -1.26. The van der Waals surface area contributed by atoms with Crippen molar-refractivity contribution in [3.63, 3.8) is 0 Å². The molecule has 38 heavy (non-hydrogen) atoms. The Bertz CT molecular complexity index is 1220. The predicted octanol–water partition coefficient (Wildman–Crippen LogP) is 7.29. The number of halogens is 2. The number of ether oxygens (including phenoxy) is 2. The minimum Gasteiger partial charge on any atom is -0.381 e. The molecule has 1 unspecified atom stereocenters. The maximum Gasteiger partial charge on any atom is 0.162 e. The zero-order chi connectivity index (χ0) is 27.3. The lowest BCUT2D eigenvalue weighted by Gasteiger charge is -2.35. The first-order valence-corrected chi connectivity index (χ1v) is 19.4. The first-order valence-electron chi connectivity index (χ1n) is 13.0. The zero-order valence-corrected chi connectivity index (χ0v) is 27.3. The lowest BCUT2D eigenvalue weighted by molar-refractivity contribution is -0.0000260. The van der Waals surface area contributed by atoms with Crippen molar-refractivity contribution in [3.8, 4) is 11.5 Å².